The lowest BCUT2D eigenvalue weighted by atomic mass is 10.0. The van der Waals surface area contributed by atoms with Gasteiger partial charge in [0.05, 0.1) is 11.2 Å². The number of rotatable bonds is 4. The average Bonchev–Trinajstić information content (AvgIpc) is 2.53. The maximum absolute atomic E-state index is 4.46. The van der Waals surface area contributed by atoms with Crippen LogP contribution in [0.3, 0.4) is 0 Å². The summed E-state index contributed by atoms with van der Waals surface area (Å²) in [4.78, 5) is 8.81. The second-order valence-electron chi connectivity index (χ2n) is 5.07. The Hall–Kier alpha value is -1.94. The van der Waals surface area contributed by atoms with Crippen molar-refractivity contribution in [3.05, 3.63) is 64.9 Å². The van der Waals surface area contributed by atoms with Crippen LogP contribution in [0.2, 0.25) is 0 Å². The largest absolute Gasteiger partial charge is 0.383 e. The molecule has 0 spiro atoms. The van der Waals surface area contributed by atoms with Gasteiger partial charge in [-0.25, -0.2) is 0 Å². The maximum Gasteiger partial charge on any atom is 0.112 e. The van der Waals surface area contributed by atoms with Gasteiger partial charge in [-0.3, -0.25) is 9.97 Å². The van der Waals surface area contributed by atoms with E-state index in [0.717, 1.165) is 27.7 Å². The molecule has 0 fully saturated rings. The molecule has 0 amide bonds. The van der Waals surface area contributed by atoms with E-state index < -0.39 is 0 Å². The van der Waals surface area contributed by atoms with E-state index in [0.29, 0.717) is 5.92 Å². The highest BCUT2D eigenvalue weighted by atomic mass is 79.9. The molecule has 0 saturated heterocycles. The molecule has 4 heteroatoms. The van der Waals surface area contributed by atoms with Crippen LogP contribution >= 0.6 is 15.9 Å². The minimum atomic E-state index is 0.435. The van der Waals surface area contributed by atoms with Crippen molar-refractivity contribution in [2.24, 2.45) is 0 Å². The van der Waals surface area contributed by atoms with Gasteiger partial charge in [0.2, 0.25) is 0 Å². The Morgan fingerprint density at radius 1 is 1.14 bits per heavy atom. The van der Waals surface area contributed by atoms with Gasteiger partial charge >= 0.3 is 0 Å². The molecule has 0 radical (unpaired) electrons. The van der Waals surface area contributed by atoms with Crippen molar-refractivity contribution >= 4 is 32.7 Å². The average molecular weight is 342 g/mol. The van der Waals surface area contributed by atoms with Crippen molar-refractivity contribution < 1.29 is 0 Å². The van der Waals surface area contributed by atoms with Gasteiger partial charge in [-0.15, -0.1) is 0 Å². The van der Waals surface area contributed by atoms with Crippen molar-refractivity contribution in [3.8, 4) is 0 Å². The number of fused-ring (bicyclic) bond motifs is 1. The van der Waals surface area contributed by atoms with Crippen LogP contribution in [0.25, 0.3) is 11.0 Å². The van der Waals surface area contributed by atoms with Gasteiger partial charge in [0.1, 0.15) is 5.52 Å². The lowest BCUT2D eigenvalue weighted by Gasteiger charge is -2.14. The normalized spacial score (nSPS) is 12.3. The predicted molar refractivity (Wildman–Crippen MR) is 90.6 cm³/mol. The van der Waals surface area contributed by atoms with E-state index in [4.69, 9.17) is 0 Å². The Morgan fingerprint density at radius 2 is 1.95 bits per heavy atom. The number of benzene rings is 1. The fraction of sp³-hybridized carbons (Fsp3) is 0.176. The molecule has 1 N–H and O–H groups in total. The molecule has 3 nitrogen and oxygen atoms in total. The first kappa shape index (κ1) is 14.0. The number of pyridine rings is 2. The van der Waals surface area contributed by atoms with E-state index in [1.165, 1.54) is 5.56 Å². The molecule has 3 rings (SSSR count). The number of nitrogens with one attached hydrogen (secondary N) is 1. The molecule has 1 aromatic carbocycles. The van der Waals surface area contributed by atoms with Gasteiger partial charge in [0, 0.05) is 23.4 Å². The molecular formula is C17H16BrN3. The van der Waals surface area contributed by atoms with Gasteiger partial charge in [0.15, 0.2) is 0 Å². The van der Waals surface area contributed by atoms with Crippen molar-refractivity contribution in [2.45, 2.75) is 12.8 Å². The zero-order valence-corrected chi connectivity index (χ0v) is 13.3. The molecule has 106 valence electrons. The number of anilines is 1. The first-order valence-electron chi connectivity index (χ1n) is 6.93. The van der Waals surface area contributed by atoms with Crippen LogP contribution in [0.15, 0.2) is 59.3 Å². The maximum atomic E-state index is 4.46. The minimum absolute atomic E-state index is 0.435. The molecular weight excluding hydrogens is 326 g/mol. The van der Waals surface area contributed by atoms with Crippen molar-refractivity contribution in [3.63, 3.8) is 0 Å². The van der Waals surface area contributed by atoms with E-state index in [1.54, 1.807) is 6.20 Å². The third-order valence-corrected chi connectivity index (χ3v) is 3.95. The zero-order valence-electron chi connectivity index (χ0n) is 11.8. The summed E-state index contributed by atoms with van der Waals surface area (Å²) in [5.74, 6) is 0.435. The summed E-state index contributed by atoms with van der Waals surface area (Å²) < 4.78 is 0.942. The highest BCUT2D eigenvalue weighted by molar-refractivity contribution is 9.10. The first-order valence-corrected chi connectivity index (χ1v) is 7.72. The van der Waals surface area contributed by atoms with Crippen LogP contribution in [-0.2, 0) is 0 Å². The predicted octanol–water partition coefficient (Wildman–Crippen LogP) is 4.61. The van der Waals surface area contributed by atoms with Gasteiger partial charge in [-0.05, 0) is 39.5 Å². The van der Waals surface area contributed by atoms with Crippen LogP contribution in [0, 0.1) is 0 Å². The Balaban J connectivity index is 1.79. The second kappa shape index (κ2) is 6.22. The number of hydrogen-bond acceptors (Lipinski definition) is 3. The molecule has 0 bridgehead atoms. The van der Waals surface area contributed by atoms with Gasteiger partial charge in [-0.2, -0.15) is 0 Å². The highest BCUT2D eigenvalue weighted by Gasteiger charge is 2.07. The van der Waals surface area contributed by atoms with E-state index >= 15 is 0 Å². The molecule has 0 saturated carbocycles. The quantitative estimate of drug-likeness (QED) is 0.753. The zero-order chi connectivity index (χ0) is 14.7. The molecule has 3 aromatic rings. The lowest BCUT2D eigenvalue weighted by molar-refractivity contribution is 0.805. The van der Waals surface area contributed by atoms with E-state index in [-0.39, 0.29) is 0 Å². The smallest absolute Gasteiger partial charge is 0.112 e. The third-order valence-electron chi connectivity index (χ3n) is 3.51. The summed E-state index contributed by atoms with van der Waals surface area (Å²) in [5, 5.41) is 3.49. The summed E-state index contributed by atoms with van der Waals surface area (Å²) in [6.07, 6.45) is 3.61. The Kier molecular flexibility index (Phi) is 4.15. The molecule has 1 atom stereocenters. The molecule has 2 aromatic heterocycles. The lowest BCUT2D eigenvalue weighted by Crippen LogP contribution is -2.10. The Labute approximate surface area is 132 Å². The summed E-state index contributed by atoms with van der Waals surface area (Å²) in [6, 6.07) is 14.5. The van der Waals surface area contributed by atoms with Crippen LogP contribution in [0.4, 0.5) is 5.69 Å². The Morgan fingerprint density at radius 3 is 2.76 bits per heavy atom. The summed E-state index contributed by atoms with van der Waals surface area (Å²) in [7, 11) is 0. The van der Waals surface area contributed by atoms with Crippen LogP contribution in [-0.4, -0.2) is 16.5 Å². The summed E-state index contributed by atoms with van der Waals surface area (Å²) in [5.41, 5.74) is 4.15. The number of halogens is 1. The minimum Gasteiger partial charge on any atom is -0.383 e. The fourth-order valence-corrected chi connectivity index (χ4v) is 2.63. The van der Waals surface area contributed by atoms with E-state index in [1.807, 2.05) is 24.4 Å². The number of aromatic nitrogens is 2. The second-order valence-corrected chi connectivity index (χ2v) is 5.99. The van der Waals surface area contributed by atoms with Crippen molar-refractivity contribution in [2.75, 3.05) is 11.9 Å². The standard InChI is InChI=1S/C17H16BrN3/c1-12(13-5-3-2-4-6-13)10-20-15-7-8-19-16-9-14(18)11-21-17(15)16/h2-9,11-12H,10H2,1H3,(H,19,20). The monoisotopic (exact) mass is 341 g/mol. The highest BCUT2D eigenvalue weighted by Crippen LogP contribution is 2.23. The molecule has 1 unspecified atom stereocenters. The fourth-order valence-electron chi connectivity index (χ4n) is 2.31. The molecule has 21 heavy (non-hydrogen) atoms. The summed E-state index contributed by atoms with van der Waals surface area (Å²) in [6.45, 7) is 3.08. The molecule has 0 aliphatic rings. The molecule has 2 heterocycles. The van der Waals surface area contributed by atoms with E-state index in [9.17, 15) is 0 Å². The SMILES string of the molecule is CC(CNc1ccnc2cc(Br)cnc12)c1ccccc1. The van der Waals surface area contributed by atoms with Crippen LogP contribution in [0.1, 0.15) is 18.4 Å². The van der Waals surface area contributed by atoms with Gasteiger partial charge < -0.3 is 5.32 Å². The van der Waals surface area contributed by atoms with Crippen LogP contribution in [0.5, 0.6) is 0 Å². The van der Waals surface area contributed by atoms with Gasteiger partial charge in [-0.1, -0.05) is 37.3 Å². The van der Waals surface area contributed by atoms with Crippen molar-refractivity contribution in [1.82, 2.24) is 9.97 Å². The third kappa shape index (κ3) is 3.22. The van der Waals surface area contributed by atoms with Gasteiger partial charge in [0.25, 0.3) is 0 Å². The van der Waals surface area contributed by atoms with Crippen molar-refractivity contribution in [1.29, 1.82) is 0 Å². The number of nitrogens with zero attached hydrogens (tertiary/aromatic N) is 2. The number of hydrogen-bond donors (Lipinski definition) is 1. The first-order chi connectivity index (χ1) is 10.2. The Bertz CT molecular complexity index is 743. The topological polar surface area (TPSA) is 37.8 Å². The molecule has 0 aliphatic heterocycles. The van der Waals surface area contributed by atoms with E-state index in [2.05, 4.69) is 62.4 Å². The molecule has 0 aliphatic carbocycles. The summed E-state index contributed by atoms with van der Waals surface area (Å²) >= 11 is 3.43. The van der Waals surface area contributed by atoms with Crippen LogP contribution < -0.4 is 5.32 Å².